The zero-order valence-corrected chi connectivity index (χ0v) is 11.4. The van der Waals surface area contributed by atoms with Gasteiger partial charge in [0, 0.05) is 23.6 Å². The molecule has 1 aliphatic rings. The topological polar surface area (TPSA) is 20.3 Å². The highest BCUT2D eigenvalue weighted by molar-refractivity contribution is 8.00. The molecule has 88 valence electrons. The second kappa shape index (κ2) is 4.80. The molecule has 2 nitrogen and oxygen atoms in total. The number of thioether (sulfide) groups is 1. The van der Waals surface area contributed by atoms with Crippen molar-refractivity contribution in [1.82, 2.24) is 4.90 Å². The number of rotatable bonds is 1. The summed E-state index contributed by atoms with van der Waals surface area (Å²) in [5, 5.41) is 1.96. The molecular weight excluding hydrogens is 238 g/mol. The standard InChI is InChI=1S/C12H17NOS2/c1-12(2)5-6-13(7-9-16-12)11(14)10-4-3-8-15-10/h3-4,8H,5-7,9H2,1-2H3. The Morgan fingerprint density at radius 3 is 2.94 bits per heavy atom. The van der Waals surface area contributed by atoms with E-state index >= 15 is 0 Å². The lowest BCUT2D eigenvalue weighted by molar-refractivity contribution is 0.0769. The van der Waals surface area contributed by atoms with Crippen LogP contribution in [-0.4, -0.2) is 34.4 Å². The van der Waals surface area contributed by atoms with Crippen LogP contribution in [-0.2, 0) is 0 Å². The predicted molar refractivity (Wildman–Crippen MR) is 71.4 cm³/mol. The van der Waals surface area contributed by atoms with E-state index in [0.29, 0.717) is 4.75 Å². The third-order valence-electron chi connectivity index (χ3n) is 2.86. The normalized spacial score (nSPS) is 20.5. The Morgan fingerprint density at radius 1 is 1.44 bits per heavy atom. The van der Waals surface area contributed by atoms with Gasteiger partial charge in [-0.2, -0.15) is 11.8 Å². The first-order valence-electron chi connectivity index (χ1n) is 5.55. The summed E-state index contributed by atoms with van der Waals surface area (Å²) in [7, 11) is 0. The smallest absolute Gasteiger partial charge is 0.263 e. The molecule has 0 atom stereocenters. The van der Waals surface area contributed by atoms with E-state index in [1.165, 1.54) is 11.3 Å². The van der Waals surface area contributed by atoms with Crippen molar-refractivity contribution in [2.45, 2.75) is 25.0 Å². The number of amides is 1. The summed E-state index contributed by atoms with van der Waals surface area (Å²) in [6.07, 6.45) is 1.08. The third kappa shape index (κ3) is 2.80. The van der Waals surface area contributed by atoms with Crippen molar-refractivity contribution < 1.29 is 4.79 Å². The number of hydrogen-bond acceptors (Lipinski definition) is 3. The van der Waals surface area contributed by atoms with Crippen molar-refractivity contribution in [3.05, 3.63) is 22.4 Å². The summed E-state index contributed by atoms with van der Waals surface area (Å²) < 4.78 is 0.310. The molecular formula is C12H17NOS2. The van der Waals surface area contributed by atoms with Crippen LogP contribution in [0.25, 0.3) is 0 Å². The van der Waals surface area contributed by atoms with Gasteiger partial charge in [-0.15, -0.1) is 11.3 Å². The van der Waals surface area contributed by atoms with Gasteiger partial charge >= 0.3 is 0 Å². The summed E-state index contributed by atoms with van der Waals surface area (Å²) in [5.41, 5.74) is 0. The van der Waals surface area contributed by atoms with Crippen molar-refractivity contribution in [3.63, 3.8) is 0 Å². The molecule has 0 radical (unpaired) electrons. The monoisotopic (exact) mass is 255 g/mol. The fourth-order valence-electron chi connectivity index (χ4n) is 1.78. The summed E-state index contributed by atoms with van der Waals surface area (Å²) >= 11 is 3.50. The van der Waals surface area contributed by atoms with Crippen molar-refractivity contribution in [1.29, 1.82) is 0 Å². The van der Waals surface area contributed by atoms with Gasteiger partial charge in [-0.05, 0) is 17.9 Å². The third-order valence-corrected chi connectivity index (χ3v) is 5.09. The lowest BCUT2D eigenvalue weighted by Gasteiger charge is -2.22. The van der Waals surface area contributed by atoms with Crippen molar-refractivity contribution >= 4 is 29.0 Å². The molecule has 16 heavy (non-hydrogen) atoms. The summed E-state index contributed by atoms with van der Waals surface area (Å²) in [6.45, 7) is 6.29. The zero-order chi connectivity index (χ0) is 11.6. The zero-order valence-electron chi connectivity index (χ0n) is 9.73. The Bertz CT molecular complexity index is 359. The van der Waals surface area contributed by atoms with E-state index in [9.17, 15) is 4.79 Å². The van der Waals surface area contributed by atoms with E-state index in [1.54, 1.807) is 0 Å². The van der Waals surface area contributed by atoms with Crippen molar-refractivity contribution in [2.75, 3.05) is 18.8 Å². The average molecular weight is 255 g/mol. The van der Waals surface area contributed by atoms with Crippen molar-refractivity contribution in [2.24, 2.45) is 0 Å². The Kier molecular flexibility index (Phi) is 3.60. The number of carbonyl (C=O) groups excluding carboxylic acids is 1. The van der Waals surface area contributed by atoms with E-state index in [1.807, 2.05) is 34.2 Å². The van der Waals surface area contributed by atoms with E-state index < -0.39 is 0 Å². The van der Waals surface area contributed by atoms with Gasteiger partial charge in [-0.3, -0.25) is 4.79 Å². The lowest BCUT2D eigenvalue weighted by atomic mass is 10.1. The van der Waals surface area contributed by atoms with Gasteiger partial charge in [-0.25, -0.2) is 0 Å². The number of thiophene rings is 1. The minimum atomic E-state index is 0.202. The highest BCUT2D eigenvalue weighted by atomic mass is 32.2. The molecule has 0 aliphatic carbocycles. The number of hydrogen-bond donors (Lipinski definition) is 0. The summed E-state index contributed by atoms with van der Waals surface area (Å²) in [5.74, 6) is 1.25. The molecule has 4 heteroatoms. The van der Waals surface area contributed by atoms with E-state index in [2.05, 4.69) is 13.8 Å². The fourth-order valence-corrected chi connectivity index (χ4v) is 3.57. The Morgan fingerprint density at radius 2 is 2.25 bits per heavy atom. The van der Waals surface area contributed by atoms with Gasteiger partial charge in [0.2, 0.25) is 0 Å². The molecule has 0 bridgehead atoms. The molecule has 0 aromatic carbocycles. The number of carbonyl (C=O) groups is 1. The molecule has 2 heterocycles. The van der Waals surface area contributed by atoms with Crippen LogP contribution in [0.4, 0.5) is 0 Å². The Labute approximate surface area is 105 Å². The minimum Gasteiger partial charge on any atom is -0.337 e. The van der Waals surface area contributed by atoms with Crippen molar-refractivity contribution in [3.8, 4) is 0 Å². The molecule has 1 amide bonds. The van der Waals surface area contributed by atoms with Gasteiger partial charge in [0.05, 0.1) is 4.88 Å². The maximum atomic E-state index is 12.2. The molecule has 0 saturated carbocycles. The quantitative estimate of drug-likeness (QED) is 0.768. The van der Waals surface area contributed by atoms with Crippen LogP contribution in [0.1, 0.15) is 29.9 Å². The van der Waals surface area contributed by atoms with Crippen LogP contribution in [0, 0.1) is 0 Å². The second-order valence-corrected chi connectivity index (χ2v) is 7.38. The lowest BCUT2D eigenvalue weighted by Crippen LogP contribution is -2.33. The van der Waals surface area contributed by atoms with E-state index in [4.69, 9.17) is 0 Å². The Hall–Kier alpha value is -0.480. The molecule has 0 unspecified atom stereocenters. The van der Waals surface area contributed by atoms with Crippen LogP contribution in [0.15, 0.2) is 17.5 Å². The largest absolute Gasteiger partial charge is 0.337 e. The average Bonchev–Trinajstić information content (AvgIpc) is 2.69. The molecule has 1 aromatic rings. The summed E-state index contributed by atoms with van der Waals surface area (Å²) in [4.78, 5) is 15.0. The minimum absolute atomic E-state index is 0.202. The van der Waals surface area contributed by atoms with Gasteiger partial charge in [0.25, 0.3) is 5.91 Å². The first kappa shape index (κ1) is 12.0. The second-order valence-electron chi connectivity index (χ2n) is 4.63. The maximum Gasteiger partial charge on any atom is 0.263 e. The molecule has 0 spiro atoms. The van der Waals surface area contributed by atoms with Gasteiger partial charge in [0.15, 0.2) is 0 Å². The highest BCUT2D eigenvalue weighted by Gasteiger charge is 2.26. The molecule has 1 aromatic heterocycles. The predicted octanol–water partition coefficient (Wildman–Crippen LogP) is 3.11. The molecule has 1 aliphatic heterocycles. The molecule has 1 fully saturated rings. The van der Waals surface area contributed by atoms with E-state index in [-0.39, 0.29) is 5.91 Å². The van der Waals surface area contributed by atoms with Gasteiger partial charge in [0.1, 0.15) is 0 Å². The fraction of sp³-hybridized carbons (Fsp3) is 0.583. The Balaban J connectivity index is 2.03. The van der Waals surface area contributed by atoms with Crippen LogP contribution in [0.5, 0.6) is 0 Å². The first-order chi connectivity index (χ1) is 7.58. The molecule has 2 rings (SSSR count). The number of nitrogens with zero attached hydrogens (tertiary/aromatic N) is 1. The summed E-state index contributed by atoms with van der Waals surface area (Å²) in [6, 6.07) is 3.85. The van der Waals surface area contributed by atoms with Crippen LogP contribution >= 0.6 is 23.1 Å². The van der Waals surface area contributed by atoms with Crippen LogP contribution in [0.3, 0.4) is 0 Å². The SMILES string of the molecule is CC1(C)CCN(C(=O)c2cccs2)CCS1. The molecule has 0 N–H and O–H groups in total. The van der Waals surface area contributed by atoms with Gasteiger partial charge < -0.3 is 4.90 Å². The molecule has 1 saturated heterocycles. The van der Waals surface area contributed by atoms with E-state index in [0.717, 1.165) is 30.1 Å². The van der Waals surface area contributed by atoms with Crippen LogP contribution in [0.2, 0.25) is 0 Å². The van der Waals surface area contributed by atoms with Gasteiger partial charge in [-0.1, -0.05) is 19.9 Å². The van der Waals surface area contributed by atoms with Crippen LogP contribution < -0.4 is 0 Å². The maximum absolute atomic E-state index is 12.2. The highest BCUT2D eigenvalue weighted by Crippen LogP contribution is 2.31. The first-order valence-corrected chi connectivity index (χ1v) is 7.42.